The maximum atomic E-state index is 13.5. The third kappa shape index (κ3) is 3.49. The largest absolute Gasteiger partial charge is 0.335 e. The Labute approximate surface area is 154 Å². The van der Waals surface area contributed by atoms with Gasteiger partial charge in [0.15, 0.2) is 4.87 Å². The summed E-state index contributed by atoms with van der Waals surface area (Å²) in [5, 5.41) is 15.3. The van der Waals surface area contributed by atoms with Gasteiger partial charge in [0.25, 0.3) is 0 Å². The highest BCUT2D eigenvalue weighted by atomic mass is 32.2. The predicted molar refractivity (Wildman–Crippen MR) is 97.9 cm³/mol. The Morgan fingerprint density at radius 3 is 2.58 bits per heavy atom. The molecule has 0 unspecified atom stereocenters. The summed E-state index contributed by atoms with van der Waals surface area (Å²) in [6, 6.07) is 8.17. The van der Waals surface area contributed by atoms with Crippen LogP contribution in [0.1, 0.15) is 50.5 Å². The number of benzene rings is 1. The number of sulfone groups is 1. The van der Waals surface area contributed by atoms with Crippen LogP contribution in [0.25, 0.3) is 0 Å². The van der Waals surface area contributed by atoms with Gasteiger partial charge in [0.05, 0.1) is 10.5 Å². The van der Waals surface area contributed by atoms with Crippen molar-refractivity contribution >= 4 is 15.7 Å². The lowest BCUT2D eigenvalue weighted by molar-refractivity contribution is -0.127. The number of hydrogen-bond donors (Lipinski definition) is 2. The van der Waals surface area contributed by atoms with Crippen LogP contribution in [0, 0.1) is 17.2 Å². The number of carbonyl (C=O) groups excluding carboxylic acids is 1. The Bertz CT molecular complexity index is 802. The molecule has 0 radical (unpaired) electrons. The fourth-order valence-corrected chi connectivity index (χ4v) is 6.00. The summed E-state index contributed by atoms with van der Waals surface area (Å²) in [5.74, 6) is -0.296. The van der Waals surface area contributed by atoms with Crippen molar-refractivity contribution in [1.29, 1.82) is 5.26 Å². The van der Waals surface area contributed by atoms with E-state index in [0.29, 0.717) is 12.8 Å². The second-order valence-corrected chi connectivity index (χ2v) is 9.44. The van der Waals surface area contributed by atoms with Gasteiger partial charge < -0.3 is 10.6 Å². The van der Waals surface area contributed by atoms with Crippen molar-refractivity contribution < 1.29 is 13.2 Å². The number of nitrogens with one attached hydrogen (secondary N) is 2. The van der Waals surface area contributed by atoms with Crippen molar-refractivity contribution in [3.05, 3.63) is 29.8 Å². The molecule has 1 aliphatic carbocycles. The van der Waals surface area contributed by atoms with Gasteiger partial charge in [0.1, 0.15) is 6.07 Å². The minimum Gasteiger partial charge on any atom is -0.335 e. The Morgan fingerprint density at radius 1 is 1.19 bits per heavy atom. The van der Waals surface area contributed by atoms with Gasteiger partial charge in [-0.15, -0.1) is 0 Å². The Balaban J connectivity index is 1.96. The highest BCUT2D eigenvalue weighted by Gasteiger charge is 2.48. The molecule has 3 rings (SSSR count). The number of rotatable bonds is 4. The highest BCUT2D eigenvalue weighted by Crippen LogP contribution is 2.33. The first-order chi connectivity index (χ1) is 12.5. The van der Waals surface area contributed by atoms with Gasteiger partial charge in [-0.25, -0.2) is 8.42 Å². The molecule has 1 heterocycles. The second-order valence-electron chi connectivity index (χ2n) is 7.21. The predicted octanol–water partition coefficient (Wildman–Crippen LogP) is 2.11. The zero-order valence-electron chi connectivity index (χ0n) is 14.8. The SMILES string of the molecule is N#Cc1ccccc1S(=O)(=O)[C@@]1(NC(=O)C2CCCCC2)CCCNC1. The van der Waals surface area contributed by atoms with Gasteiger partial charge in [-0.2, -0.15) is 5.26 Å². The molecule has 6 nitrogen and oxygen atoms in total. The summed E-state index contributed by atoms with van der Waals surface area (Å²) in [4.78, 5) is 11.4. The lowest BCUT2D eigenvalue weighted by atomic mass is 9.88. The van der Waals surface area contributed by atoms with Crippen LogP contribution in [0.4, 0.5) is 0 Å². The van der Waals surface area contributed by atoms with Crippen LogP contribution in [-0.4, -0.2) is 32.3 Å². The van der Waals surface area contributed by atoms with Crippen LogP contribution in [-0.2, 0) is 14.6 Å². The molecule has 140 valence electrons. The van der Waals surface area contributed by atoms with Gasteiger partial charge in [0, 0.05) is 12.5 Å². The summed E-state index contributed by atoms with van der Waals surface area (Å²) in [6.45, 7) is 0.879. The molecular formula is C19H25N3O3S. The third-order valence-electron chi connectivity index (χ3n) is 5.48. The third-order valence-corrected chi connectivity index (χ3v) is 7.90. The highest BCUT2D eigenvalue weighted by molar-refractivity contribution is 7.93. The van der Waals surface area contributed by atoms with E-state index in [1.807, 2.05) is 6.07 Å². The quantitative estimate of drug-likeness (QED) is 0.840. The molecule has 2 aliphatic rings. The summed E-state index contributed by atoms with van der Waals surface area (Å²) < 4.78 is 27.0. The van der Waals surface area contributed by atoms with E-state index in [1.54, 1.807) is 12.1 Å². The standard InChI is InChI=1S/C19H25N3O3S/c20-13-16-9-4-5-10-17(16)26(24,25)19(11-6-12-21-14-19)22-18(23)15-7-2-1-3-8-15/h4-5,9-10,15,21H,1-3,6-8,11-12,14H2,(H,22,23)/t19-/m0/s1. The van der Waals surface area contributed by atoms with Crippen molar-refractivity contribution in [3.63, 3.8) is 0 Å². The fourth-order valence-electron chi connectivity index (χ4n) is 3.98. The van der Waals surface area contributed by atoms with Crippen LogP contribution in [0.3, 0.4) is 0 Å². The molecule has 1 atom stereocenters. The number of amides is 1. The van der Waals surface area contributed by atoms with Crippen LogP contribution < -0.4 is 10.6 Å². The molecule has 1 aromatic rings. The normalized spacial score (nSPS) is 24.6. The maximum Gasteiger partial charge on any atom is 0.224 e. The van der Waals surface area contributed by atoms with Crippen molar-refractivity contribution in [2.45, 2.75) is 54.7 Å². The van der Waals surface area contributed by atoms with Crippen molar-refractivity contribution in [2.24, 2.45) is 5.92 Å². The number of hydrogen-bond acceptors (Lipinski definition) is 5. The average Bonchev–Trinajstić information content (AvgIpc) is 2.69. The minimum absolute atomic E-state index is 0.00450. The van der Waals surface area contributed by atoms with Gasteiger partial charge >= 0.3 is 0 Å². The molecule has 0 spiro atoms. The minimum atomic E-state index is -3.92. The lowest BCUT2D eigenvalue weighted by Gasteiger charge is -2.39. The first-order valence-electron chi connectivity index (χ1n) is 9.27. The number of carbonyl (C=O) groups is 1. The summed E-state index contributed by atoms with van der Waals surface area (Å²) in [5.41, 5.74) is 0.115. The molecule has 1 saturated carbocycles. The van der Waals surface area contributed by atoms with E-state index >= 15 is 0 Å². The van der Waals surface area contributed by atoms with Crippen LogP contribution in [0.2, 0.25) is 0 Å². The molecule has 7 heteroatoms. The number of piperidine rings is 1. The lowest BCUT2D eigenvalue weighted by Crippen LogP contribution is -2.63. The molecule has 1 aromatic carbocycles. The monoisotopic (exact) mass is 375 g/mol. The topological polar surface area (TPSA) is 99.1 Å². The van der Waals surface area contributed by atoms with Gasteiger partial charge in [0.2, 0.25) is 15.7 Å². The second kappa shape index (κ2) is 7.77. The first kappa shape index (κ1) is 18.9. The summed E-state index contributed by atoms with van der Waals surface area (Å²) >= 11 is 0. The molecule has 2 fully saturated rings. The number of nitriles is 1. The van der Waals surface area contributed by atoms with E-state index < -0.39 is 14.7 Å². The molecule has 0 bridgehead atoms. The van der Waals surface area contributed by atoms with E-state index in [0.717, 1.165) is 38.6 Å². The molecule has 1 aliphatic heterocycles. The summed E-state index contributed by atoms with van der Waals surface area (Å²) in [6.07, 6.45) is 5.76. The Hall–Kier alpha value is -1.91. The van der Waals surface area contributed by atoms with E-state index in [2.05, 4.69) is 10.6 Å². The molecule has 26 heavy (non-hydrogen) atoms. The van der Waals surface area contributed by atoms with Gasteiger partial charge in [-0.05, 0) is 44.4 Å². The average molecular weight is 375 g/mol. The molecule has 0 aromatic heterocycles. The van der Waals surface area contributed by atoms with E-state index in [4.69, 9.17) is 0 Å². The van der Waals surface area contributed by atoms with E-state index in [-0.39, 0.29) is 28.8 Å². The molecule has 2 N–H and O–H groups in total. The van der Waals surface area contributed by atoms with Crippen molar-refractivity contribution in [3.8, 4) is 6.07 Å². The Kier molecular flexibility index (Phi) is 5.64. The van der Waals surface area contributed by atoms with Crippen LogP contribution in [0.5, 0.6) is 0 Å². The zero-order chi connectivity index (χ0) is 18.6. The molecular weight excluding hydrogens is 350 g/mol. The van der Waals surface area contributed by atoms with Crippen LogP contribution in [0.15, 0.2) is 29.2 Å². The maximum absolute atomic E-state index is 13.5. The van der Waals surface area contributed by atoms with Crippen molar-refractivity contribution in [1.82, 2.24) is 10.6 Å². The zero-order valence-corrected chi connectivity index (χ0v) is 15.6. The van der Waals surface area contributed by atoms with Crippen molar-refractivity contribution in [2.75, 3.05) is 13.1 Å². The fraction of sp³-hybridized carbons (Fsp3) is 0.579. The Morgan fingerprint density at radius 2 is 1.92 bits per heavy atom. The molecule has 1 saturated heterocycles. The van der Waals surface area contributed by atoms with Gasteiger partial charge in [-0.3, -0.25) is 4.79 Å². The summed E-state index contributed by atoms with van der Waals surface area (Å²) in [7, 11) is -3.92. The van der Waals surface area contributed by atoms with E-state index in [9.17, 15) is 18.5 Å². The van der Waals surface area contributed by atoms with E-state index in [1.165, 1.54) is 12.1 Å². The smallest absolute Gasteiger partial charge is 0.224 e. The number of nitrogens with zero attached hydrogens (tertiary/aromatic N) is 1. The van der Waals surface area contributed by atoms with Gasteiger partial charge in [-0.1, -0.05) is 31.4 Å². The molecule has 1 amide bonds. The van der Waals surface area contributed by atoms with Crippen LogP contribution >= 0.6 is 0 Å². The first-order valence-corrected chi connectivity index (χ1v) is 10.7.